The van der Waals surface area contributed by atoms with Crippen LogP contribution in [0.15, 0.2) is 77.7 Å². The molecule has 0 aromatic heterocycles. The number of hydrogen-bond donors (Lipinski definition) is 2. The summed E-state index contributed by atoms with van der Waals surface area (Å²) in [4.78, 5) is 26.5. The fourth-order valence-electron chi connectivity index (χ4n) is 3.21. The van der Waals surface area contributed by atoms with Crippen molar-refractivity contribution in [2.75, 3.05) is 30.2 Å². The molecule has 0 unspecified atom stereocenters. The number of nitrogens with one attached hydrogen (secondary N) is 2. The van der Waals surface area contributed by atoms with Gasteiger partial charge in [0.2, 0.25) is 5.91 Å². The van der Waals surface area contributed by atoms with Gasteiger partial charge < -0.3 is 15.0 Å². The van der Waals surface area contributed by atoms with Crippen LogP contribution < -0.4 is 14.8 Å². The lowest BCUT2D eigenvalue weighted by molar-refractivity contribution is -0.116. The van der Waals surface area contributed by atoms with E-state index in [4.69, 9.17) is 11.2 Å². The Morgan fingerprint density at radius 3 is 2.37 bits per heavy atom. The van der Waals surface area contributed by atoms with E-state index in [1.807, 2.05) is 6.92 Å². The summed E-state index contributed by atoms with van der Waals surface area (Å²) < 4.78 is 33.3. The highest BCUT2D eigenvalue weighted by atomic mass is 32.2. The maximum Gasteiger partial charge on any atom is 0.261 e. The minimum atomic E-state index is -3.88. The summed E-state index contributed by atoms with van der Waals surface area (Å²) >= 11 is 0. The maximum absolute atomic E-state index is 12.8. The van der Waals surface area contributed by atoms with E-state index in [-0.39, 0.29) is 22.7 Å². The minimum Gasteiger partial charge on any atom is -0.494 e. The van der Waals surface area contributed by atoms with Crippen molar-refractivity contribution < 1.29 is 22.7 Å². The molecule has 0 heterocycles. The van der Waals surface area contributed by atoms with E-state index in [1.165, 1.54) is 36.2 Å². The van der Waals surface area contributed by atoms with Crippen LogP contribution in [0.3, 0.4) is 0 Å². The smallest absolute Gasteiger partial charge is 0.261 e. The Balaban J connectivity index is 1.66. The second-order valence-corrected chi connectivity index (χ2v) is 9.21. The van der Waals surface area contributed by atoms with Crippen LogP contribution >= 0.6 is 0 Å². The topological polar surface area (TPSA) is 105 Å². The Kier molecular flexibility index (Phi) is 8.12. The van der Waals surface area contributed by atoms with Gasteiger partial charge >= 0.3 is 0 Å². The van der Waals surface area contributed by atoms with Gasteiger partial charge in [0.05, 0.1) is 18.0 Å². The molecule has 8 nitrogen and oxygen atoms in total. The fraction of sp³-hybridized carbons (Fsp3) is 0.154. The summed E-state index contributed by atoms with van der Waals surface area (Å²) in [6.45, 7) is 2.10. The number of benzene rings is 3. The predicted octanol–water partition coefficient (Wildman–Crippen LogP) is 3.58. The predicted molar refractivity (Wildman–Crippen MR) is 135 cm³/mol. The van der Waals surface area contributed by atoms with E-state index in [9.17, 15) is 18.0 Å². The molecule has 3 aromatic rings. The largest absolute Gasteiger partial charge is 0.494 e. The number of terminal acetylenes is 1. The van der Waals surface area contributed by atoms with Crippen molar-refractivity contribution in [3.8, 4) is 18.1 Å². The van der Waals surface area contributed by atoms with Crippen molar-refractivity contribution in [2.45, 2.75) is 11.8 Å². The number of sulfonamides is 1. The molecule has 0 aliphatic rings. The summed E-state index contributed by atoms with van der Waals surface area (Å²) in [7, 11) is -2.39. The highest BCUT2D eigenvalue weighted by Crippen LogP contribution is 2.20. The van der Waals surface area contributed by atoms with E-state index in [2.05, 4.69) is 16.0 Å². The molecule has 3 aromatic carbocycles. The quantitative estimate of drug-likeness (QED) is 0.445. The number of nitrogens with zero attached hydrogens (tertiary/aromatic N) is 1. The molecule has 9 heteroatoms. The Hall–Kier alpha value is -4.29. The number of amides is 2. The van der Waals surface area contributed by atoms with E-state index in [0.29, 0.717) is 23.6 Å². The van der Waals surface area contributed by atoms with E-state index < -0.39 is 21.8 Å². The first-order valence-electron chi connectivity index (χ1n) is 10.7. The molecular formula is C26H25N3O5S. The van der Waals surface area contributed by atoms with Gasteiger partial charge in [-0.1, -0.05) is 18.1 Å². The molecule has 0 aliphatic carbocycles. The van der Waals surface area contributed by atoms with Gasteiger partial charge in [-0.2, -0.15) is 0 Å². The summed E-state index contributed by atoms with van der Waals surface area (Å²) in [6, 6.07) is 18.9. The van der Waals surface area contributed by atoms with Crippen molar-refractivity contribution in [2.24, 2.45) is 0 Å². The second kappa shape index (κ2) is 11.2. The van der Waals surface area contributed by atoms with Gasteiger partial charge in [0.25, 0.3) is 15.9 Å². The van der Waals surface area contributed by atoms with Gasteiger partial charge in [-0.25, -0.2) is 8.42 Å². The number of carbonyl (C=O) groups is 2. The standard InChI is InChI=1S/C26H25N3O5S/c1-4-19-8-6-10-21(16-19)27-25(30)18-29(3)26(31)20-9-7-11-22(17-20)28-35(32,33)24-14-12-23(13-15-24)34-5-2/h1,6-17,28H,5,18H2,2-3H3,(H,27,30). The van der Waals surface area contributed by atoms with Crippen LogP contribution in [0, 0.1) is 12.3 Å². The monoisotopic (exact) mass is 491 g/mol. The average Bonchev–Trinajstić information content (AvgIpc) is 2.84. The Bertz CT molecular complexity index is 1360. The number of hydrogen-bond acceptors (Lipinski definition) is 5. The molecule has 0 aliphatic heterocycles. The number of anilines is 2. The zero-order valence-corrected chi connectivity index (χ0v) is 20.1. The Morgan fingerprint density at radius 2 is 1.69 bits per heavy atom. The third kappa shape index (κ3) is 6.85. The molecule has 2 N–H and O–H groups in total. The molecule has 3 rings (SSSR count). The highest BCUT2D eigenvalue weighted by Gasteiger charge is 2.18. The molecule has 180 valence electrons. The normalized spacial score (nSPS) is 10.7. The van der Waals surface area contributed by atoms with Gasteiger partial charge in [-0.15, -0.1) is 6.42 Å². The minimum absolute atomic E-state index is 0.0559. The maximum atomic E-state index is 12.8. The average molecular weight is 492 g/mol. The van der Waals surface area contributed by atoms with E-state index in [0.717, 1.165) is 0 Å². The molecule has 35 heavy (non-hydrogen) atoms. The summed E-state index contributed by atoms with van der Waals surface area (Å²) in [6.07, 6.45) is 5.37. The van der Waals surface area contributed by atoms with Crippen molar-refractivity contribution in [3.05, 3.63) is 83.9 Å². The first-order valence-corrected chi connectivity index (χ1v) is 12.2. The zero-order valence-electron chi connectivity index (χ0n) is 19.3. The zero-order chi connectivity index (χ0) is 25.4. The molecule has 0 saturated heterocycles. The lowest BCUT2D eigenvalue weighted by Gasteiger charge is -2.17. The molecule has 0 fully saturated rings. The van der Waals surface area contributed by atoms with Gasteiger partial charge in [0, 0.05) is 29.5 Å². The lowest BCUT2D eigenvalue weighted by atomic mass is 10.2. The molecule has 0 bridgehead atoms. The lowest BCUT2D eigenvalue weighted by Crippen LogP contribution is -2.35. The SMILES string of the molecule is C#Cc1cccc(NC(=O)CN(C)C(=O)c2cccc(NS(=O)(=O)c3ccc(OCC)cc3)c2)c1. The van der Waals surface area contributed by atoms with Crippen molar-refractivity contribution >= 4 is 33.2 Å². The molecular weight excluding hydrogens is 466 g/mol. The second-order valence-electron chi connectivity index (χ2n) is 7.53. The van der Waals surface area contributed by atoms with Gasteiger partial charge in [0.1, 0.15) is 5.75 Å². The van der Waals surface area contributed by atoms with Crippen LogP contribution in [0.1, 0.15) is 22.8 Å². The van der Waals surface area contributed by atoms with Crippen molar-refractivity contribution in [1.29, 1.82) is 0 Å². The van der Waals surface area contributed by atoms with Crippen LogP contribution in [-0.2, 0) is 14.8 Å². The van der Waals surface area contributed by atoms with Crippen LogP contribution in [0.4, 0.5) is 11.4 Å². The van der Waals surface area contributed by atoms with Crippen LogP contribution in [0.25, 0.3) is 0 Å². The number of likely N-dealkylation sites (N-methyl/N-ethyl adjacent to an activating group) is 1. The third-order valence-corrected chi connectivity index (χ3v) is 6.24. The third-order valence-electron chi connectivity index (χ3n) is 4.85. The van der Waals surface area contributed by atoms with Gasteiger partial charge in [0.15, 0.2) is 0 Å². The number of carbonyl (C=O) groups excluding carboxylic acids is 2. The molecule has 0 spiro atoms. The van der Waals surface area contributed by atoms with Crippen LogP contribution in [0.5, 0.6) is 5.75 Å². The van der Waals surface area contributed by atoms with Crippen molar-refractivity contribution in [1.82, 2.24) is 4.90 Å². The highest BCUT2D eigenvalue weighted by molar-refractivity contribution is 7.92. The number of rotatable bonds is 9. The van der Waals surface area contributed by atoms with Crippen LogP contribution in [-0.4, -0.2) is 45.3 Å². The van der Waals surface area contributed by atoms with Crippen molar-refractivity contribution in [3.63, 3.8) is 0 Å². The summed E-state index contributed by atoms with van der Waals surface area (Å²) in [5.41, 5.74) is 1.59. The number of ether oxygens (including phenoxy) is 1. The van der Waals surface area contributed by atoms with Crippen LogP contribution in [0.2, 0.25) is 0 Å². The van der Waals surface area contributed by atoms with Gasteiger partial charge in [-0.05, 0) is 67.6 Å². The van der Waals surface area contributed by atoms with Gasteiger partial charge in [-0.3, -0.25) is 14.3 Å². The van der Waals surface area contributed by atoms with E-state index >= 15 is 0 Å². The molecule has 0 radical (unpaired) electrons. The molecule has 2 amide bonds. The fourth-order valence-corrected chi connectivity index (χ4v) is 4.26. The summed E-state index contributed by atoms with van der Waals surface area (Å²) in [5.74, 6) is 2.21. The molecule has 0 saturated carbocycles. The van der Waals surface area contributed by atoms with E-state index in [1.54, 1.807) is 48.5 Å². The Morgan fingerprint density at radius 1 is 1.00 bits per heavy atom. The summed E-state index contributed by atoms with van der Waals surface area (Å²) in [5, 5.41) is 2.70. The molecule has 0 atom stereocenters. The first kappa shape index (κ1) is 25.3. The first-order chi connectivity index (χ1) is 16.7. The Labute approximate surface area is 205 Å².